The van der Waals surface area contributed by atoms with Crippen molar-refractivity contribution in [2.45, 2.75) is 45.2 Å². The molecular weight excluding hydrogens is 204 g/mol. The molecular formula is C12H22N2O2. The minimum atomic E-state index is -0.332. The largest absolute Gasteiger partial charge is 0.345 e. The first-order valence-electron chi connectivity index (χ1n) is 6.00. The fourth-order valence-corrected chi connectivity index (χ4v) is 2.18. The Morgan fingerprint density at radius 3 is 2.69 bits per heavy atom. The Morgan fingerprint density at radius 1 is 1.56 bits per heavy atom. The fraction of sp³-hybridized carbons (Fsp3) is 0.833. The molecule has 1 fully saturated rings. The van der Waals surface area contributed by atoms with Crippen molar-refractivity contribution in [3.63, 3.8) is 0 Å². The van der Waals surface area contributed by atoms with Crippen LogP contribution in [0, 0.1) is 5.92 Å². The van der Waals surface area contributed by atoms with Crippen LogP contribution >= 0.6 is 0 Å². The molecule has 0 saturated carbocycles. The van der Waals surface area contributed by atoms with Crippen molar-refractivity contribution < 1.29 is 9.59 Å². The van der Waals surface area contributed by atoms with Gasteiger partial charge in [-0.05, 0) is 38.8 Å². The van der Waals surface area contributed by atoms with Crippen molar-refractivity contribution in [3.8, 4) is 0 Å². The summed E-state index contributed by atoms with van der Waals surface area (Å²) in [4.78, 5) is 24.8. The van der Waals surface area contributed by atoms with Crippen LogP contribution in [0.2, 0.25) is 0 Å². The molecule has 1 rings (SSSR count). The minimum absolute atomic E-state index is 0.00208. The van der Waals surface area contributed by atoms with E-state index in [1.807, 2.05) is 25.8 Å². The van der Waals surface area contributed by atoms with Gasteiger partial charge in [-0.25, -0.2) is 0 Å². The van der Waals surface area contributed by atoms with Gasteiger partial charge in [-0.1, -0.05) is 13.8 Å². The summed E-state index contributed by atoms with van der Waals surface area (Å²) in [6, 6.07) is -0.379. The van der Waals surface area contributed by atoms with Crippen molar-refractivity contribution >= 4 is 12.2 Å². The van der Waals surface area contributed by atoms with Crippen LogP contribution in [0.4, 0.5) is 0 Å². The van der Waals surface area contributed by atoms with E-state index in [9.17, 15) is 9.59 Å². The lowest BCUT2D eigenvalue weighted by atomic mass is 10.0. The highest BCUT2D eigenvalue weighted by Gasteiger charge is 2.28. The molecule has 2 unspecified atom stereocenters. The van der Waals surface area contributed by atoms with E-state index in [-0.39, 0.29) is 18.0 Å². The second-order valence-electron chi connectivity index (χ2n) is 5.02. The summed E-state index contributed by atoms with van der Waals surface area (Å²) in [5, 5.41) is 2.82. The highest BCUT2D eigenvalue weighted by Crippen LogP contribution is 2.15. The number of likely N-dealkylation sites (tertiary alicyclic amines) is 1. The maximum absolute atomic E-state index is 11.9. The molecule has 2 atom stereocenters. The molecule has 4 nitrogen and oxygen atoms in total. The molecule has 4 heteroatoms. The average Bonchev–Trinajstić information content (AvgIpc) is 2.62. The van der Waals surface area contributed by atoms with E-state index < -0.39 is 0 Å². The Bertz CT molecular complexity index is 253. The molecule has 92 valence electrons. The van der Waals surface area contributed by atoms with E-state index in [1.54, 1.807) is 0 Å². The summed E-state index contributed by atoms with van der Waals surface area (Å²) in [6.45, 7) is 5.06. The van der Waals surface area contributed by atoms with Crippen LogP contribution in [0.3, 0.4) is 0 Å². The molecule has 0 aromatic carbocycles. The van der Waals surface area contributed by atoms with Gasteiger partial charge in [0.2, 0.25) is 5.91 Å². The van der Waals surface area contributed by atoms with Crippen LogP contribution in [0.5, 0.6) is 0 Å². The Hall–Kier alpha value is -0.900. The van der Waals surface area contributed by atoms with Crippen LogP contribution in [-0.4, -0.2) is 42.8 Å². The van der Waals surface area contributed by atoms with Crippen LogP contribution in [-0.2, 0) is 9.59 Å². The standard InChI is InChI=1S/C12H22N2O2/c1-9(2)7-10(8-15)13-12(16)11-5-4-6-14(11)3/h8-11H,4-7H2,1-3H3,(H,13,16). The van der Waals surface area contributed by atoms with Gasteiger partial charge >= 0.3 is 0 Å². The molecule has 0 aromatic rings. The summed E-state index contributed by atoms with van der Waals surface area (Å²) < 4.78 is 0. The van der Waals surface area contributed by atoms with Crippen LogP contribution in [0.1, 0.15) is 33.1 Å². The third-order valence-corrected chi connectivity index (χ3v) is 3.04. The van der Waals surface area contributed by atoms with Gasteiger partial charge in [0.1, 0.15) is 6.29 Å². The second kappa shape index (κ2) is 5.99. The highest BCUT2D eigenvalue weighted by molar-refractivity contribution is 5.84. The average molecular weight is 226 g/mol. The first kappa shape index (κ1) is 13.2. The number of hydrogen-bond acceptors (Lipinski definition) is 3. The van der Waals surface area contributed by atoms with E-state index in [0.29, 0.717) is 12.3 Å². The van der Waals surface area contributed by atoms with Gasteiger partial charge in [0.15, 0.2) is 0 Å². The Labute approximate surface area is 97.4 Å². The van der Waals surface area contributed by atoms with E-state index in [0.717, 1.165) is 25.7 Å². The molecule has 1 N–H and O–H groups in total. The molecule has 1 aliphatic rings. The lowest BCUT2D eigenvalue weighted by Gasteiger charge is -2.21. The molecule has 1 amide bonds. The molecule has 0 radical (unpaired) electrons. The Balaban J connectivity index is 2.45. The van der Waals surface area contributed by atoms with E-state index >= 15 is 0 Å². The van der Waals surface area contributed by atoms with Gasteiger partial charge < -0.3 is 10.1 Å². The van der Waals surface area contributed by atoms with Gasteiger partial charge in [0.25, 0.3) is 0 Å². The van der Waals surface area contributed by atoms with Gasteiger partial charge in [0, 0.05) is 0 Å². The van der Waals surface area contributed by atoms with Crippen molar-refractivity contribution in [2.24, 2.45) is 5.92 Å². The normalized spacial score (nSPS) is 23.4. The summed E-state index contributed by atoms with van der Waals surface area (Å²) >= 11 is 0. The van der Waals surface area contributed by atoms with Gasteiger partial charge in [-0.2, -0.15) is 0 Å². The summed E-state index contributed by atoms with van der Waals surface area (Å²) in [7, 11) is 1.95. The smallest absolute Gasteiger partial charge is 0.237 e. The first-order valence-corrected chi connectivity index (χ1v) is 6.00. The van der Waals surface area contributed by atoms with E-state index in [2.05, 4.69) is 5.32 Å². The number of amides is 1. The van der Waals surface area contributed by atoms with Gasteiger partial charge in [0.05, 0.1) is 12.1 Å². The van der Waals surface area contributed by atoms with Gasteiger partial charge in [-0.15, -0.1) is 0 Å². The number of nitrogens with one attached hydrogen (secondary N) is 1. The summed E-state index contributed by atoms with van der Waals surface area (Å²) in [6.07, 6.45) is 3.51. The Morgan fingerprint density at radius 2 is 2.25 bits per heavy atom. The van der Waals surface area contributed by atoms with E-state index in [1.165, 1.54) is 0 Å². The predicted molar refractivity (Wildman–Crippen MR) is 63.1 cm³/mol. The van der Waals surface area contributed by atoms with Crippen molar-refractivity contribution in [2.75, 3.05) is 13.6 Å². The van der Waals surface area contributed by atoms with Crippen LogP contribution in [0.25, 0.3) is 0 Å². The highest BCUT2D eigenvalue weighted by atomic mass is 16.2. The molecule has 16 heavy (non-hydrogen) atoms. The predicted octanol–water partition coefficient (Wildman–Crippen LogP) is 0.810. The van der Waals surface area contributed by atoms with E-state index in [4.69, 9.17) is 0 Å². The zero-order valence-electron chi connectivity index (χ0n) is 10.4. The molecule has 0 bridgehead atoms. The number of carbonyl (C=O) groups is 2. The topological polar surface area (TPSA) is 49.4 Å². The zero-order valence-corrected chi connectivity index (χ0v) is 10.4. The molecule has 1 heterocycles. The summed E-state index contributed by atoms with van der Waals surface area (Å²) in [5.41, 5.74) is 0. The maximum atomic E-state index is 11.9. The number of carbonyl (C=O) groups excluding carboxylic acids is 2. The van der Waals surface area contributed by atoms with Crippen molar-refractivity contribution in [1.29, 1.82) is 0 Å². The number of rotatable bonds is 5. The monoisotopic (exact) mass is 226 g/mol. The summed E-state index contributed by atoms with van der Waals surface area (Å²) in [5.74, 6) is 0.412. The second-order valence-corrected chi connectivity index (χ2v) is 5.02. The third-order valence-electron chi connectivity index (χ3n) is 3.04. The number of nitrogens with zero attached hydrogens (tertiary/aromatic N) is 1. The molecule has 0 spiro atoms. The number of likely N-dealkylation sites (N-methyl/N-ethyl adjacent to an activating group) is 1. The lowest BCUT2D eigenvalue weighted by molar-refractivity contribution is -0.127. The third kappa shape index (κ3) is 3.59. The maximum Gasteiger partial charge on any atom is 0.237 e. The molecule has 1 aliphatic heterocycles. The number of aldehydes is 1. The Kier molecular flexibility index (Phi) is 4.93. The van der Waals surface area contributed by atoms with Crippen LogP contribution in [0.15, 0.2) is 0 Å². The van der Waals surface area contributed by atoms with Gasteiger partial charge in [-0.3, -0.25) is 9.69 Å². The molecule has 0 aliphatic carbocycles. The number of hydrogen-bond donors (Lipinski definition) is 1. The van der Waals surface area contributed by atoms with Crippen molar-refractivity contribution in [3.05, 3.63) is 0 Å². The first-order chi connectivity index (χ1) is 7.54. The molecule has 0 aromatic heterocycles. The quantitative estimate of drug-likeness (QED) is 0.706. The fourth-order valence-electron chi connectivity index (χ4n) is 2.18. The lowest BCUT2D eigenvalue weighted by Crippen LogP contribution is -2.46. The zero-order chi connectivity index (χ0) is 12.1. The SMILES string of the molecule is CC(C)CC(C=O)NC(=O)C1CCCN1C. The van der Waals surface area contributed by atoms with Crippen molar-refractivity contribution in [1.82, 2.24) is 10.2 Å². The molecule has 1 saturated heterocycles. The van der Waals surface area contributed by atoms with Crippen LogP contribution < -0.4 is 5.32 Å². The minimum Gasteiger partial charge on any atom is -0.345 e.